The van der Waals surface area contributed by atoms with Gasteiger partial charge in [0, 0.05) is 37.5 Å². The molecular weight excluding hydrogens is 372 g/mol. The predicted octanol–water partition coefficient (Wildman–Crippen LogP) is 4.02. The molecule has 0 bridgehead atoms. The summed E-state index contributed by atoms with van der Waals surface area (Å²) in [5, 5.41) is 10.1. The van der Waals surface area contributed by atoms with Crippen LogP contribution in [0.5, 0.6) is 0 Å². The lowest BCUT2D eigenvalue weighted by Crippen LogP contribution is -2.67. The van der Waals surface area contributed by atoms with E-state index in [2.05, 4.69) is 53.5 Å². The van der Waals surface area contributed by atoms with Gasteiger partial charge in [-0.25, -0.2) is 0 Å². The monoisotopic (exact) mass is 404 g/mol. The third-order valence-electron chi connectivity index (χ3n) is 6.61. The fraction of sp³-hybridized carbons (Fsp3) is 0.423. The van der Waals surface area contributed by atoms with Gasteiger partial charge in [0.2, 0.25) is 5.91 Å². The number of fused-ring (bicyclic) bond motifs is 1. The Kier molecular flexibility index (Phi) is 6.66. The number of nitrogens with zero attached hydrogens (tertiary/aromatic N) is 2. The first kappa shape index (κ1) is 20.8. The van der Waals surface area contributed by atoms with Crippen LogP contribution in [0.4, 0.5) is 0 Å². The molecule has 4 rings (SSSR count). The van der Waals surface area contributed by atoms with Crippen LogP contribution in [0.3, 0.4) is 0 Å². The zero-order valence-corrected chi connectivity index (χ0v) is 17.8. The van der Waals surface area contributed by atoms with E-state index < -0.39 is 0 Å². The summed E-state index contributed by atoms with van der Waals surface area (Å²) in [5.74, 6) is 0.511. The van der Waals surface area contributed by atoms with Crippen LogP contribution in [0.25, 0.3) is 12.2 Å². The first-order chi connectivity index (χ1) is 14.7. The molecule has 1 amide bonds. The van der Waals surface area contributed by atoms with Crippen LogP contribution in [-0.4, -0.2) is 59.1 Å². The molecule has 1 N–H and O–H groups in total. The van der Waals surface area contributed by atoms with Gasteiger partial charge >= 0.3 is 0 Å². The lowest BCUT2D eigenvalue weighted by Gasteiger charge is -2.57. The van der Waals surface area contributed by atoms with Crippen molar-refractivity contribution in [1.82, 2.24) is 9.80 Å². The minimum absolute atomic E-state index is 0.150. The van der Waals surface area contributed by atoms with Crippen molar-refractivity contribution in [3.8, 4) is 0 Å². The number of carbonyl (C=O) groups is 1. The number of benzene rings is 2. The summed E-state index contributed by atoms with van der Waals surface area (Å²) < 4.78 is 0. The van der Waals surface area contributed by atoms with Gasteiger partial charge in [-0.3, -0.25) is 9.69 Å². The van der Waals surface area contributed by atoms with Crippen LogP contribution in [0.15, 0.2) is 54.6 Å². The van der Waals surface area contributed by atoms with Crippen molar-refractivity contribution in [3.63, 3.8) is 0 Å². The van der Waals surface area contributed by atoms with E-state index in [4.69, 9.17) is 0 Å². The molecule has 2 aromatic carbocycles. The number of rotatable bonds is 5. The Morgan fingerprint density at radius 3 is 2.33 bits per heavy atom. The fourth-order valence-electron chi connectivity index (χ4n) is 4.98. The topological polar surface area (TPSA) is 43.8 Å². The molecule has 0 aromatic heterocycles. The van der Waals surface area contributed by atoms with Crippen LogP contribution in [0.2, 0.25) is 0 Å². The number of amides is 1. The number of aliphatic hydroxyl groups is 1. The lowest BCUT2D eigenvalue weighted by atomic mass is 9.74. The molecule has 2 fully saturated rings. The minimum Gasteiger partial charge on any atom is -0.395 e. The Hall–Kier alpha value is -2.43. The molecule has 0 aliphatic carbocycles. The van der Waals surface area contributed by atoms with Crippen molar-refractivity contribution in [1.29, 1.82) is 0 Å². The van der Waals surface area contributed by atoms with Crippen LogP contribution in [-0.2, 0) is 4.79 Å². The molecule has 0 unspecified atom stereocenters. The molecule has 4 heteroatoms. The molecule has 4 nitrogen and oxygen atoms in total. The van der Waals surface area contributed by atoms with E-state index >= 15 is 0 Å². The Morgan fingerprint density at radius 1 is 1.00 bits per heavy atom. The van der Waals surface area contributed by atoms with E-state index in [-0.39, 0.29) is 24.5 Å². The fourth-order valence-corrected chi connectivity index (χ4v) is 4.98. The van der Waals surface area contributed by atoms with Crippen molar-refractivity contribution in [2.75, 3.05) is 26.2 Å². The average Bonchev–Trinajstić information content (AvgIpc) is 2.77. The van der Waals surface area contributed by atoms with Crippen molar-refractivity contribution in [2.45, 2.75) is 44.2 Å². The molecule has 2 saturated heterocycles. The van der Waals surface area contributed by atoms with Gasteiger partial charge in [-0.2, -0.15) is 0 Å². The molecule has 2 aromatic rings. The summed E-state index contributed by atoms with van der Waals surface area (Å²) in [6, 6.07) is 19.4. The highest BCUT2D eigenvalue weighted by Crippen LogP contribution is 2.42. The number of hydrogen-bond acceptors (Lipinski definition) is 3. The van der Waals surface area contributed by atoms with Crippen LogP contribution >= 0.6 is 0 Å². The molecule has 2 aliphatic heterocycles. The SMILES string of the molecule is CCC(=O)N1CCCCN2[C@@H](CO)[C@@H](c3ccc(/C=C/c4ccccc4)cc3)[C@@H]2C1. The van der Waals surface area contributed by atoms with Crippen molar-refractivity contribution in [2.24, 2.45) is 0 Å². The summed E-state index contributed by atoms with van der Waals surface area (Å²) in [7, 11) is 0. The Labute approximate surface area is 179 Å². The third kappa shape index (κ3) is 4.35. The van der Waals surface area contributed by atoms with Gasteiger partial charge in [0.15, 0.2) is 0 Å². The lowest BCUT2D eigenvalue weighted by molar-refractivity contribution is -0.136. The zero-order valence-electron chi connectivity index (χ0n) is 17.8. The van der Waals surface area contributed by atoms with E-state index in [0.29, 0.717) is 12.5 Å². The Bertz CT molecular complexity index is 862. The van der Waals surface area contributed by atoms with E-state index in [0.717, 1.165) is 32.5 Å². The smallest absolute Gasteiger partial charge is 0.222 e. The van der Waals surface area contributed by atoms with E-state index in [1.165, 1.54) is 16.7 Å². The molecule has 0 radical (unpaired) electrons. The minimum atomic E-state index is 0.150. The highest BCUT2D eigenvalue weighted by Gasteiger charge is 2.49. The quantitative estimate of drug-likeness (QED) is 0.766. The largest absolute Gasteiger partial charge is 0.395 e. The van der Waals surface area contributed by atoms with Crippen molar-refractivity contribution < 1.29 is 9.90 Å². The summed E-state index contributed by atoms with van der Waals surface area (Å²) in [4.78, 5) is 16.8. The van der Waals surface area contributed by atoms with Crippen LogP contribution < -0.4 is 0 Å². The summed E-state index contributed by atoms with van der Waals surface area (Å²) in [6.07, 6.45) is 6.94. The average molecular weight is 405 g/mol. The third-order valence-corrected chi connectivity index (χ3v) is 6.61. The van der Waals surface area contributed by atoms with Gasteiger partial charge < -0.3 is 10.0 Å². The number of hydrogen-bond donors (Lipinski definition) is 1. The normalized spacial score (nSPS) is 24.7. The summed E-state index contributed by atoms with van der Waals surface area (Å²) >= 11 is 0. The van der Waals surface area contributed by atoms with Gasteiger partial charge in [0.05, 0.1) is 6.61 Å². The molecular formula is C26H32N2O2. The van der Waals surface area contributed by atoms with Crippen LogP contribution in [0.1, 0.15) is 48.8 Å². The number of aliphatic hydroxyl groups excluding tert-OH is 1. The second-order valence-electron chi connectivity index (χ2n) is 8.39. The van der Waals surface area contributed by atoms with Gasteiger partial charge in [0.1, 0.15) is 0 Å². The van der Waals surface area contributed by atoms with Crippen molar-refractivity contribution in [3.05, 3.63) is 71.3 Å². The zero-order chi connectivity index (χ0) is 20.9. The predicted molar refractivity (Wildman–Crippen MR) is 122 cm³/mol. The van der Waals surface area contributed by atoms with Crippen LogP contribution in [0, 0.1) is 0 Å². The van der Waals surface area contributed by atoms with E-state index in [1.807, 2.05) is 30.0 Å². The Morgan fingerprint density at radius 2 is 1.67 bits per heavy atom. The highest BCUT2D eigenvalue weighted by atomic mass is 16.3. The Balaban J connectivity index is 1.51. The highest BCUT2D eigenvalue weighted by molar-refractivity contribution is 5.76. The maximum atomic E-state index is 12.4. The van der Waals surface area contributed by atoms with Crippen molar-refractivity contribution >= 4 is 18.1 Å². The molecule has 0 saturated carbocycles. The molecule has 2 heterocycles. The molecule has 2 aliphatic rings. The van der Waals surface area contributed by atoms with E-state index in [1.54, 1.807) is 0 Å². The van der Waals surface area contributed by atoms with Gasteiger partial charge in [-0.15, -0.1) is 0 Å². The standard InChI is InChI=1S/C26H32N2O2/c1-2-25(30)27-16-6-7-17-28-23(18-27)26(24(28)19-29)22-14-12-21(13-15-22)11-10-20-8-4-3-5-9-20/h3-5,8-15,23-24,26,29H,2,6-7,16-19H2,1H3/b11-10+/t23-,24-,26-/m0/s1. The molecule has 3 atom stereocenters. The maximum Gasteiger partial charge on any atom is 0.222 e. The van der Waals surface area contributed by atoms with Gasteiger partial charge in [-0.05, 0) is 36.1 Å². The maximum absolute atomic E-state index is 12.4. The summed E-state index contributed by atoms with van der Waals surface area (Å²) in [5.41, 5.74) is 3.61. The second kappa shape index (κ2) is 9.59. The summed E-state index contributed by atoms with van der Waals surface area (Å²) in [6.45, 7) is 4.74. The molecule has 0 spiro atoms. The number of carbonyl (C=O) groups excluding carboxylic acids is 1. The van der Waals surface area contributed by atoms with Gasteiger partial charge in [-0.1, -0.05) is 73.7 Å². The van der Waals surface area contributed by atoms with Gasteiger partial charge in [0.25, 0.3) is 0 Å². The van der Waals surface area contributed by atoms with E-state index in [9.17, 15) is 9.90 Å². The molecule has 30 heavy (non-hydrogen) atoms. The first-order valence-electron chi connectivity index (χ1n) is 11.2. The molecule has 158 valence electrons. The second-order valence-corrected chi connectivity index (χ2v) is 8.39. The first-order valence-corrected chi connectivity index (χ1v) is 11.2.